The number of rotatable bonds is 5. The van der Waals surface area contributed by atoms with E-state index in [2.05, 4.69) is 17.0 Å². The molecule has 0 radical (unpaired) electrons. The zero-order valence-electron chi connectivity index (χ0n) is 14.8. The van der Waals surface area contributed by atoms with Crippen LogP contribution in [0.1, 0.15) is 12.0 Å². The van der Waals surface area contributed by atoms with E-state index in [4.69, 9.17) is 14.5 Å². The van der Waals surface area contributed by atoms with E-state index in [0.29, 0.717) is 12.4 Å². The van der Waals surface area contributed by atoms with Gasteiger partial charge >= 0.3 is 0 Å². The van der Waals surface area contributed by atoms with Crippen molar-refractivity contribution in [3.63, 3.8) is 0 Å². The highest BCUT2D eigenvalue weighted by molar-refractivity contribution is 7.21. The van der Waals surface area contributed by atoms with Crippen LogP contribution in [0.3, 0.4) is 0 Å². The van der Waals surface area contributed by atoms with E-state index in [1.54, 1.807) is 24.5 Å². The van der Waals surface area contributed by atoms with Crippen LogP contribution in [-0.4, -0.2) is 48.4 Å². The van der Waals surface area contributed by atoms with Gasteiger partial charge in [0.25, 0.3) is 0 Å². The van der Waals surface area contributed by atoms with Gasteiger partial charge in [-0.2, -0.15) is 0 Å². The summed E-state index contributed by atoms with van der Waals surface area (Å²) in [6.07, 6.45) is 0.982. The molecule has 0 saturated heterocycles. The van der Waals surface area contributed by atoms with Gasteiger partial charge in [-0.15, -0.1) is 11.3 Å². The molecule has 6 heteroatoms. The molecule has 4 rings (SSSR count). The van der Waals surface area contributed by atoms with Crippen molar-refractivity contribution in [2.24, 2.45) is 0 Å². The molecule has 0 bridgehead atoms. The van der Waals surface area contributed by atoms with Gasteiger partial charge in [0.2, 0.25) is 0 Å². The van der Waals surface area contributed by atoms with Gasteiger partial charge in [-0.25, -0.2) is 4.98 Å². The van der Waals surface area contributed by atoms with Gasteiger partial charge in [0, 0.05) is 44.5 Å². The minimum absolute atomic E-state index is 0.190. The molecule has 1 aromatic heterocycles. The molecule has 0 spiro atoms. The molecule has 3 aromatic rings. The van der Waals surface area contributed by atoms with E-state index in [0.717, 1.165) is 59.0 Å². The molecule has 2 aromatic carbocycles. The van der Waals surface area contributed by atoms with Crippen molar-refractivity contribution in [2.75, 3.05) is 33.4 Å². The number of phenolic OH excluding ortho intramolecular Hbond substituents is 1. The Hall–Kier alpha value is -2.15. The van der Waals surface area contributed by atoms with E-state index in [1.165, 1.54) is 0 Å². The van der Waals surface area contributed by atoms with Crippen LogP contribution in [0.25, 0.3) is 20.8 Å². The third-order valence-corrected chi connectivity index (χ3v) is 5.64. The predicted molar refractivity (Wildman–Crippen MR) is 104 cm³/mol. The summed E-state index contributed by atoms with van der Waals surface area (Å²) in [5.41, 5.74) is 2.93. The molecule has 0 amide bonds. The van der Waals surface area contributed by atoms with Crippen molar-refractivity contribution in [2.45, 2.75) is 13.0 Å². The van der Waals surface area contributed by atoms with Gasteiger partial charge in [-0.05, 0) is 30.7 Å². The fraction of sp³-hybridized carbons (Fsp3) is 0.350. The van der Waals surface area contributed by atoms with Gasteiger partial charge in [0.1, 0.15) is 11.6 Å². The Bertz CT molecular complexity index is 876. The van der Waals surface area contributed by atoms with Gasteiger partial charge in [-0.1, -0.05) is 12.1 Å². The van der Waals surface area contributed by atoms with Crippen LogP contribution in [0.4, 0.5) is 0 Å². The van der Waals surface area contributed by atoms with E-state index >= 15 is 0 Å². The number of hydrogen-bond acceptors (Lipinski definition) is 6. The highest BCUT2D eigenvalue weighted by atomic mass is 32.1. The van der Waals surface area contributed by atoms with E-state index in [9.17, 15) is 5.11 Å². The molecule has 0 aliphatic carbocycles. The number of benzene rings is 2. The van der Waals surface area contributed by atoms with Crippen LogP contribution in [0, 0.1) is 0 Å². The van der Waals surface area contributed by atoms with Gasteiger partial charge in [0.15, 0.2) is 11.5 Å². The highest BCUT2D eigenvalue weighted by Crippen LogP contribution is 2.39. The van der Waals surface area contributed by atoms with Crippen LogP contribution >= 0.6 is 11.3 Å². The van der Waals surface area contributed by atoms with Gasteiger partial charge in [0.05, 0.1) is 10.2 Å². The van der Waals surface area contributed by atoms with Gasteiger partial charge < -0.3 is 14.6 Å². The number of nitrogens with zero attached hydrogens (tertiary/aromatic N) is 2. The molecule has 1 aliphatic heterocycles. The van der Waals surface area contributed by atoms with Crippen LogP contribution in [-0.2, 0) is 11.3 Å². The maximum Gasteiger partial charge on any atom is 0.165 e. The minimum atomic E-state index is 0.190. The van der Waals surface area contributed by atoms with Crippen LogP contribution in [0.5, 0.6) is 11.5 Å². The Balaban J connectivity index is 1.65. The van der Waals surface area contributed by atoms with Gasteiger partial charge in [-0.3, -0.25) is 4.90 Å². The number of fused-ring (bicyclic) bond motifs is 2. The number of aromatic nitrogens is 1. The van der Waals surface area contributed by atoms with Crippen LogP contribution < -0.4 is 4.74 Å². The molecule has 26 heavy (non-hydrogen) atoms. The van der Waals surface area contributed by atoms with Crippen molar-refractivity contribution in [3.8, 4) is 22.1 Å². The number of ether oxygens (including phenoxy) is 2. The molecule has 1 N–H and O–H groups in total. The lowest BCUT2D eigenvalue weighted by Gasteiger charge is -2.19. The third-order valence-electron chi connectivity index (χ3n) is 4.56. The maximum absolute atomic E-state index is 10.5. The van der Waals surface area contributed by atoms with Crippen LogP contribution in [0.2, 0.25) is 0 Å². The molecule has 1 aliphatic rings. The third kappa shape index (κ3) is 3.53. The molecule has 0 unspecified atom stereocenters. The summed E-state index contributed by atoms with van der Waals surface area (Å²) in [4.78, 5) is 7.05. The second-order valence-corrected chi connectivity index (χ2v) is 7.47. The maximum atomic E-state index is 10.5. The van der Waals surface area contributed by atoms with Crippen LogP contribution in [0.15, 0.2) is 36.4 Å². The van der Waals surface area contributed by atoms with Crippen molar-refractivity contribution in [1.29, 1.82) is 0 Å². The second-order valence-electron chi connectivity index (χ2n) is 6.44. The van der Waals surface area contributed by atoms with Crippen molar-refractivity contribution < 1.29 is 14.6 Å². The summed E-state index contributed by atoms with van der Waals surface area (Å²) < 4.78 is 12.1. The van der Waals surface area contributed by atoms with Crippen molar-refractivity contribution in [3.05, 3.63) is 42.0 Å². The first-order valence-electron chi connectivity index (χ1n) is 8.80. The molecule has 2 heterocycles. The molecular formula is C20H22N2O3S. The molecule has 5 nitrogen and oxygen atoms in total. The Morgan fingerprint density at radius 1 is 1.31 bits per heavy atom. The zero-order chi connectivity index (χ0) is 17.9. The lowest BCUT2D eigenvalue weighted by Crippen LogP contribution is -2.27. The van der Waals surface area contributed by atoms with Crippen molar-refractivity contribution >= 4 is 21.6 Å². The standard InChI is InChI=1S/C20H22N2O3S/c1-24-9-4-7-22-8-10-25-19-15(13-22)11-14(12-17(19)23)20-21-16-5-2-3-6-18(16)26-20/h2-3,5-6,11-12,23H,4,7-10,13H2,1H3. The molecular weight excluding hydrogens is 348 g/mol. The number of phenols is 1. The minimum Gasteiger partial charge on any atom is -0.504 e. The summed E-state index contributed by atoms with van der Waals surface area (Å²) >= 11 is 1.64. The Labute approximate surface area is 156 Å². The van der Waals surface area contributed by atoms with E-state index in [-0.39, 0.29) is 5.75 Å². The summed E-state index contributed by atoms with van der Waals surface area (Å²) in [5.74, 6) is 0.791. The van der Waals surface area contributed by atoms with E-state index in [1.807, 2.05) is 18.2 Å². The summed E-state index contributed by atoms with van der Waals surface area (Å²) in [7, 11) is 1.73. The zero-order valence-corrected chi connectivity index (χ0v) is 15.6. The second kappa shape index (κ2) is 7.61. The summed E-state index contributed by atoms with van der Waals surface area (Å²) in [6.45, 7) is 3.87. The topological polar surface area (TPSA) is 54.8 Å². The smallest absolute Gasteiger partial charge is 0.165 e. The lowest BCUT2D eigenvalue weighted by molar-refractivity contribution is 0.164. The Kier molecular flexibility index (Phi) is 5.06. The SMILES string of the molecule is COCCCN1CCOc2c(O)cc(-c3nc4ccccc4s3)cc2C1. The first-order chi connectivity index (χ1) is 12.7. The fourth-order valence-corrected chi connectivity index (χ4v) is 4.25. The molecule has 136 valence electrons. The quantitative estimate of drug-likeness (QED) is 0.691. The Morgan fingerprint density at radius 3 is 3.04 bits per heavy atom. The summed E-state index contributed by atoms with van der Waals surface area (Å²) in [6, 6.07) is 12.0. The molecule has 0 fully saturated rings. The Morgan fingerprint density at radius 2 is 2.19 bits per heavy atom. The molecule has 0 saturated carbocycles. The summed E-state index contributed by atoms with van der Waals surface area (Å²) in [5, 5.41) is 11.4. The number of thiazole rings is 1. The predicted octanol–water partition coefficient (Wildman–Crippen LogP) is 3.90. The lowest BCUT2D eigenvalue weighted by atomic mass is 10.1. The van der Waals surface area contributed by atoms with Crippen molar-refractivity contribution in [1.82, 2.24) is 9.88 Å². The highest BCUT2D eigenvalue weighted by Gasteiger charge is 2.20. The number of hydrogen-bond donors (Lipinski definition) is 1. The number of methoxy groups -OCH3 is 1. The first-order valence-corrected chi connectivity index (χ1v) is 9.62. The molecule has 0 atom stereocenters. The number of para-hydroxylation sites is 1. The van der Waals surface area contributed by atoms with E-state index < -0.39 is 0 Å². The normalized spacial score (nSPS) is 14.8. The average Bonchev–Trinajstić information content (AvgIpc) is 2.96. The average molecular weight is 370 g/mol. The first kappa shape index (κ1) is 17.3. The number of aromatic hydroxyl groups is 1. The fourth-order valence-electron chi connectivity index (χ4n) is 3.30. The monoisotopic (exact) mass is 370 g/mol. The largest absolute Gasteiger partial charge is 0.504 e.